The van der Waals surface area contributed by atoms with Crippen LogP contribution in [-0.4, -0.2) is 22.8 Å². The second-order valence-electron chi connectivity index (χ2n) is 6.07. The van der Waals surface area contributed by atoms with E-state index >= 15 is 0 Å². The largest absolute Gasteiger partial charge is 0.313 e. The number of rotatable bonds is 4. The molecule has 0 aliphatic rings. The molecule has 0 saturated heterocycles. The molecule has 0 bridgehead atoms. The van der Waals surface area contributed by atoms with Gasteiger partial charge < -0.3 is 5.32 Å². The van der Waals surface area contributed by atoms with Gasteiger partial charge in [-0.05, 0) is 30.0 Å². The van der Waals surface area contributed by atoms with Crippen molar-refractivity contribution in [3.05, 3.63) is 36.0 Å². The smallest absolute Gasteiger partial charge is 0.0932 e. The predicted molar refractivity (Wildman–Crippen MR) is 80.2 cm³/mol. The normalized spacial score (nSPS) is 13.7. The summed E-state index contributed by atoms with van der Waals surface area (Å²) >= 11 is 0. The van der Waals surface area contributed by atoms with E-state index in [-0.39, 0.29) is 5.41 Å². The van der Waals surface area contributed by atoms with Crippen LogP contribution in [-0.2, 0) is 6.42 Å². The van der Waals surface area contributed by atoms with Crippen LogP contribution in [0.1, 0.15) is 33.3 Å². The minimum absolute atomic E-state index is 0.223. The SMILES string of the molecule is CCNC(Cc1cnnc2ccccc12)C(C)(C)C. The molecule has 3 nitrogen and oxygen atoms in total. The molecule has 1 heterocycles. The van der Waals surface area contributed by atoms with E-state index in [1.165, 1.54) is 10.9 Å². The Balaban J connectivity index is 2.34. The molecule has 1 unspecified atom stereocenters. The Kier molecular flexibility index (Phi) is 4.15. The first-order chi connectivity index (χ1) is 9.02. The van der Waals surface area contributed by atoms with E-state index in [1.807, 2.05) is 18.3 Å². The van der Waals surface area contributed by atoms with E-state index in [0.717, 1.165) is 18.5 Å². The number of nitrogens with zero attached hydrogens (tertiary/aromatic N) is 2. The Bertz CT molecular complexity index is 538. The number of hydrogen-bond acceptors (Lipinski definition) is 3. The molecule has 1 aromatic carbocycles. The van der Waals surface area contributed by atoms with Gasteiger partial charge in [0.1, 0.15) is 0 Å². The van der Waals surface area contributed by atoms with Crippen molar-refractivity contribution in [2.75, 3.05) is 6.54 Å². The van der Waals surface area contributed by atoms with Gasteiger partial charge in [0, 0.05) is 11.4 Å². The van der Waals surface area contributed by atoms with Gasteiger partial charge in [-0.1, -0.05) is 45.9 Å². The third-order valence-electron chi connectivity index (χ3n) is 3.55. The molecule has 19 heavy (non-hydrogen) atoms. The fraction of sp³-hybridized carbons (Fsp3) is 0.500. The zero-order valence-electron chi connectivity index (χ0n) is 12.3. The Morgan fingerprint density at radius 2 is 1.95 bits per heavy atom. The molecule has 0 amide bonds. The van der Waals surface area contributed by atoms with Gasteiger partial charge in [0.2, 0.25) is 0 Å². The van der Waals surface area contributed by atoms with Gasteiger partial charge in [-0.3, -0.25) is 0 Å². The number of fused-ring (bicyclic) bond motifs is 1. The molecule has 0 spiro atoms. The molecule has 2 rings (SSSR count). The topological polar surface area (TPSA) is 37.8 Å². The minimum atomic E-state index is 0.223. The van der Waals surface area contributed by atoms with Crippen molar-refractivity contribution in [1.29, 1.82) is 0 Å². The van der Waals surface area contributed by atoms with E-state index in [9.17, 15) is 0 Å². The maximum absolute atomic E-state index is 4.19. The summed E-state index contributed by atoms with van der Waals surface area (Å²) in [6, 6.07) is 8.65. The van der Waals surface area contributed by atoms with E-state index in [0.29, 0.717) is 6.04 Å². The lowest BCUT2D eigenvalue weighted by Gasteiger charge is -2.31. The van der Waals surface area contributed by atoms with Gasteiger partial charge in [0.25, 0.3) is 0 Å². The highest BCUT2D eigenvalue weighted by Gasteiger charge is 2.24. The van der Waals surface area contributed by atoms with E-state index in [1.54, 1.807) is 0 Å². The van der Waals surface area contributed by atoms with Crippen molar-refractivity contribution in [2.24, 2.45) is 5.41 Å². The Labute approximate surface area is 115 Å². The summed E-state index contributed by atoms with van der Waals surface area (Å²) in [4.78, 5) is 0. The summed E-state index contributed by atoms with van der Waals surface area (Å²) in [6.45, 7) is 9.96. The summed E-state index contributed by atoms with van der Waals surface area (Å²) in [6.07, 6.45) is 2.88. The standard InChI is InChI=1S/C16H23N3/c1-5-17-15(16(2,3)4)10-12-11-18-19-14-9-7-6-8-13(12)14/h6-9,11,15,17H,5,10H2,1-4H3. The van der Waals surface area contributed by atoms with Crippen molar-refractivity contribution >= 4 is 10.9 Å². The molecule has 1 N–H and O–H groups in total. The minimum Gasteiger partial charge on any atom is -0.313 e. The van der Waals surface area contributed by atoms with Crippen molar-refractivity contribution in [3.8, 4) is 0 Å². The summed E-state index contributed by atoms with van der Waals surface area (Å²) in [5, 5.41) is 13.1. The number of benzene rings is 1. The van der Waals surface area contributed by atoms with E-state index < -0.39 is 0 Å². The number of aromatic nitrogens is 2. The third kappa shape index (κ3) is 3.29. The molecule has 0 aliphatic heterocycles. The van der Waals surface area contributed by atoms with Crippen LogP contribution in [0.3, 0.4) is 0 Å². The molecular formula is C16H23N3. The first-order valence-electron chi connectivity index (χ1n) is 6.95. The third-order valence-corrected chi connectivity index (χ3v) is 3.55. The second-order valence-corrected chi connectivity index (χ2v) is 6.07. The lowest BCUT2D eigenvalue weighted by Crippen LogP contribution is -2.41. The molecule has 0 radical (unpaired) electrons. The average Bonchev–Trinajstić information content (AvgIpc) is 2.37. The fourth-order valence-electron chi connectivity index (χ4n) is 2.38. The van der Waals surface area contributed by atoms with Crippen molar-refractivity contribution in [2.45, 2.75) is 40.2 Å². The summed E-state index contributed by atoms with van der Waals surface area (Å²) in [7, 11) is 0. The first-order valence-corrected chi connectivity index (χ1v) is 6.95. The monoisotopic (exact) mass is 257 g/mol. The second kappa shape index (κ2) is 5.66. The zero-order valence-corrected chi connectivity index (χ0v) is 12.3. The van der Waals surface area contributed by atoms with Crippen LogP contribution < -0.4 is 5.32 Å². The van der Waals surface area contributed by atoms with Gasteiger partial charge in [-0.2, -0.15) is 10.2 Å². The van der Waals surface area contributed by atoms with Gasteiger partial charge in [0.15, 0.2) is 0 Å². The quantitative estimate of drug-likeness (QED) is 0.914. The molecule has 0 aliphatic carbocycles. The fourth-order valence-corrected chi connectivity index (χ4v) is 2.38. The molecule has 1 atom stereocenters. The molecule has 1 aromatic heterocycles. The molecule has 0 saturated carbocycles. The van der Waals surface area contributed by atoms with E-state index in [4.69, 9.17) is 0 Å². The number of hydrogen-bond donors (Lipinski definition) is 1. The number of nitrogens with one attached hydrogen (secondary N) is 1. The first kappa shape index (κ1) is 13.9. The van der Waals surface area contributed by atoms with Crippen LogP contribution in [0.5, 0.6) is 0 Å². The summed E-state index contributed by atoms with van der Waals surface area (Å²) in [5.41, 5.74) is 2.47. The molecular weight excluding hydrogens is 234 g/mol. The van der Waals surface area contributed by atoms with Crippen LogP contribution in [0.2, 0.25) is 0 Å². The van der Waals surface area contributed by atoms with Crippen LogP contribution in [0.25, 0.3) is 10.9 Å². The molecule has 2 aromatic rings. The maximum atomic E-state index is 4.19. The Hall–Kier alpha value is -1.48. The summed E-state index contributed by atoms with van der Waals surface area (Å²) < 4.78 is 0. The van der Waals surface area contributed by atoms with Gasteiger partial charge in [0.05, 0.1) is 11.7 Å². The highest BCUT2D eigenvalue weighted by molar-refractivity contribution is 5.81. The maximum Gasteiger partial charge on any atom is 0.0932 e. The van der Waals surface area contributed by atoms with Crippen molar-refractivity contribution in [1.82, 2.24) is 15.5 Å². The molecule has 3 heteroatoms. The van der Waals surface area contributed by atoms with Crippen LogP contribution >= 0.6 is 0 Å². The molecule has 102 valence electrons. The van der Waals surface area contributed by atoms with Crippen LogP contribution in [0.15, 0.2) is 30.5 Å². The Morgan fingerprint density at radius 1 is 1.21 bits per heavy atom. The number of likely N-dealkylation sites (N-methyl/N-ethyl adjacent to an activating group) is 1. The van der Waals surface area contributed by atoms with Crippen molar-refractivity contribution in [3.63, 3.8) is 0 Å². The highest BCUT2D eigenvalue weighted by atomic mass is 15.1. The molecule has 0 fully saturated rings. The van der Waals surface area contributed by atoms with E-state index in [2.05, 4.69) is 55.3 Å². The van der Waals surface area contributed by atoms with Crippen LogP contribution in [0, 0.1) is 5.41 Å². The van der Waals surface area contributed by atoms with Gasteiger partial charge >= 0.3 is 0 Å². The lowest BCUT2D eigenvalue weighted by atomic mass is 9.82. The average molecular weight is 257 g/mol. The van der Waals surface area contributed by atoms with Crippen LogP contribution in [0.4, 0.5) is 0 Å². The Morgan fingerprint density at radius 3 is 2.63 bits per heavy atom. The van der Waals surface area contributed by atoms with Crippen molar-refractivity contribution < 1.29 is 0 Å². The van der Waals surface area contributed by atoms with Gasteiger partial charge in [-0.25, -0.2) is 0 Å². The summed E-state index contributed by atoms with van der Waals surface area (Å²) in [5.74, 6) is 0. The zero-order chi connectivity index (χ0) is 13.9. The predicted octanol–water partition coefficient (Wildman–Crippen LogP) is 3.20. The lowest BCUT2D eigenvalue weighted by molar-refractivity contribution is 0.270. The van der Waals surface area contributed by atoms with Gasteiger partial charge in [-0.15, -0.1) is 0 Å². The highest BCUT2D eigenvalue weighted by Crippen LogP contribution is 2.25.